The fourth-order valence-corrected chi connectivity index (χ4v) is 1.14. The molecule has 2 N–H and O–H groups in total. The number of rotatable bonds is 2. The number of nitrogens with two attached hydrogens (primary N) is 1. The standard InChI is InChI=1S/C9H18N2O/c1-9(2,3)4-8-11-7(5-10)6-12-8/h7H,4-6,10H2,1-3H3. The Morgan fingerprint density at radius 3 is 2.67 bits per heavy atom. The van der Waals surface area contributed by atoms with Gasteiger partial charge in [0.2, 0.25) is 0 Å². The second-order valence-electron chi connectivity index (χ2n) is 4.46. The first kappa shape index (κ1) is 9.52. The first-order chi connectivity index (χ1) is 5.51. The molecule has 1 rings (SSSR count). The zero-order valence-electron chi connectivity index (χ0n) is 8.13. The Balaban J connectivity index is 2.45. The Labute approximate surface area is 74.0 Å². The van der Waals surface area contributed by atoms with Crippen LogP contribution in [0, 0.1) is 5.41 Å². The van der Waals surface area contributed by atoms with E-state index in [0.717, 1.165) is 12.3 Å². The van der Waals surface area contributed by atoms with Crippen LogP contribution in [0.3, 0.4) is 0 Å². The molecule has 1 heterocycles. The average molecular weight is 170 g/mol. The van der Waals surface area contributed by atoms with Crippen LogP contribution < -0.4 is 5.73 Å². The van der Waals surface area contributed by atoms with Crippen LogP contribution in [0.15, 0.2) is 4.99 Å². The molecule has 1 aliphatic rings. The summed E-state index contributed by atoms with van der Waals surface area (Å²) >= 11 is 0. The molecule has 70 valence electrons. The smallest absolute Gasteiger partial charge is 0.184 e. The maximum atomic E-state index is 5.47. The minimum atomic E-state index is 0.197. The molecule has 0 radical (unpaired) electrons. The predicted octanol–water partition coefficient (Wildman–Crippen LogP) is 1.18. The molecule has 0 spiro atoms. The van der Waals surface area contributed by atoms with E-state index in [4.69, 9.17) is 10.5 Å². The Morgan fingerprint density at radius 2 is 2.25 bits per heavy atom. The van der Waals surface area contributed by atoms with Crippen molar-refractivity contribution in [3.63, 3.8) is 0 Å². The second kappa shape index (κ2) is 3.44. The van der Waals surface area contributed by atoms with Gasteiger partial charge in [-0.15, -0.1) is 0 Å². The Morgan fingerprint density at radius 1 is 1.58 bits per heavy atom. The van der Waals surface area contributed by atoms with Crippen LogP contribution in [-0.2, 0) is 4.74 Å². The summed E-state index contributed by atoms with van der Waals surface area (Å²) in [5.41, 5.74) is 5.72. The van der Waals surface area contributed by atoms with Gasteiger partial charge in [-0.2, -0.15) is 0 Å². The molecule has 3 heteroatoms. The van der Waals surface area contributed by atoms with Crippen LogP contribution >= 0.6 is 0 Å². The van der Waals surface area contributed by atoms with E-state index in [1.807, 2.05) is 0 Å². The molecule has 0 saturated heterocycles. The minimum Gasteiger partial charge on any atom is -0.479 e. The molecular weight excluding hydrogens is 152 g/mol. The maximum absolute atomic E-state index is 5.47. The van der Waals surface area contributed by atoms with Crippen molar-refractivity contribution >= 4 is 5.90 Å². The lowest BCUT2D eigenvalue weighted by Gasteiger charge is -2.16. The lowest BCUT2D eigenvalue weighted by Crippen LogP contribution is -2.18. The van der Waals surface area contributed by atoms with Gasteiger partial charge in [-0.25, -0.2) is 4.99 Å². The van der Waals surface area contributed by atoms with Gasteiger partial charge >= 0.3 is 0 Å². The summed E-state index contributed by atoms with van der Waals surface area (Å²) in [6.07, 6.45) is 0.906. The molecule has 0 fully saturated rings. The highest BCUT2D eigenvalue weighted by molar-refractivity contribution is 5.78. The highest BCUT2D eigenvalue weighted by Gasteiger charge is 2.22. The van der Waals surface area contributed by atoms with E-state index >= 15 is 0 Å². The summed E-state index contributed by atoms with van der Waals surface area (Å²) in [4.78, 5) is 4.36. The quantitative estimate of drug-likeness (QED) is 0.676. The van der Waals surface area contributed by atoms with Crippen molar-refractivity contribution in [3.8, 4) is 0 Å². The van der Waals surface area contributed by atoms with Crippen molar-refractivity contribution in [3.05, 3.63) is 0 Å². The number of hydrogen-bond acceptors (Lipinski definition) is 3. The van der Waals surface area contributed by atoms with E-state index in [0.29, 0.717) is 13.2 Å². The molecule has 0 aromatic rings. The van der Waals surface area contributed by atoms with Gasteiger partial charge in [0, 0.05) is 13.0 Å². The molecule has 0 saturated carbocycles. The summed E-state index contributed by atoms with van der Waals surface area (Å²) in [6, 6.07) is 0.197. The normalized spacial score (nSPS) is 23.7. The fourth-order valence-electron chi connectivity index (χ4n) is 1.14. The van der Waals surface area contributed by atoms with Crippen molar-refractivity contribution in [2.24, 2.45) is 16.1 Å². The molecule has 0 amide bonds. The Hall–Kier alpha value is -0.570. The molecule has 12 heavy (non-hydrogen) atoms. The predicted molar refractivity (Wildman–Crippen MR) is 50.3 cm³/mol. The van der Waals surface area contributed by atoms with E-state index in [1.54, 1.807) is 0 Å². The lowest BCUT2D eigenvalue weighted by molar-refractivity contribution is 0.293. The van der Waals surface area contributed by atoms with Crippen molar-refractivity contribution in [1.29, 1.82) is 0 Å². The summed E-state index contributed by atoms with van der Waals surface area (Å²) in [6.45, 7) is 7.79. The molecular formula is C9H18N2O. The first-order valence-electron chi connectivity index (χ1n) is 4.41. The van der Waals surface area contributed by atoms with Crippen molar-refractivity contribution in [2.75, 3.05) is 13.2 Å². The monoisotopic (exact) mass is 170 g/mol. The van der Waals surface area contributed by atoms with Gasteiger partial charge in [-0.05, 0) is 5.41 Å². The van der Waals surface area contributed by atoms with Crippen LogP contribution in [0.5, 0.6) is 0 Å². The van der Waals surface area contributed by atoms with Gasteiger partial charge in [0.25, 0.3) is 0 Å². The highest BCUT2D eigenvalue weighted by atomic mass is 16.5. The third kappa shape index (κ3) is 2.81. The number of aliphatic imine (C=N–C) groups is 1. The van der Waals surface area contributed by atoms with Crippen molar-refractivity contribution in [2.45, 2.75) is 33.2 Å². The topological polar surface area (TPSA) is 47.6 Å². The van der Waals surface area contributed by atoms with E-state index in [1.165, 1.54) is 0 Å². The molecule has 0 aromatic carbocycles. The van der Waals surface area contributed by atoms with Gasteiger partial charge in [0.1, 0.15) is 6.61 Å². The molecule has 0 aromatic heterocycles. The van der Waals surface area contributed by atoms with Crippen molar-refractivity contribution in [1.82, 2.24) is 0 Å². The average Bonchev–Trinajstić information content (AvgIpc) is 2.32. The Kier molecular flexibility index (Phi) is 2.73. The van der Waals surface area contributed by atoms with E-state index in [-0.39, 0.29) is 11.5 Å². The van der Waals surface area contributed by atoms with E-state index in [2.05, 4.69) is 25.8 Å². The van der Waals surface area contributed by atoms with Crippen LogP contribution in [0.2, 0.25) is 0 Å². The molecule has 1 aliphatic heterocycles. The highest BCUT2D eigenvalue weighted by Crippen LogP contribution is 2.21. The molecule has 1 unspecified atom stereocenters. The third-order valence-corrected chi connectivity index (χ3v) is 1.72. The largest absolute Gasteiger partial charge is 0.479 e. The molecule has 0 aliphatic carbocycles. The van der Waals surface area contributed by atoms with Gasteiger partial charge in [0.15, 0.2) is 5.90 Å². The molecule has 0 bridgehead atoms. The maximum Gasteiger partial charge on any atom is 0.184 e. The van der Waals surface area contributed by atoms with Crippen LogP contribution in [0.1, 0.15) is 27.2 Å². The van der Waals surface area contributed by atoms with E-state index < -0.39 is 0 Å². The number of ether oxygens (including phenoxy) is 1. The zero-order valence-corrected chi connectivity index (χ0v) is 8.13. The zero-order chi connectivity index (χ0) is 9.19. The lowest BCUT2D eigenvalue weighted by atomic mass is 9.92. The van der Waals surface area contributed by atoms with Gasteiger partial charge in [-0.3, -0.25) is 0 Å². The van der Waals surface area contributed by atoms with Crippen LogP contribution in [-0.4, -0.2) is 25.1 Å². The third-order valence-electron chi connectivity index (χ3n) is 1.72. The Bertz CT molecular complexity index is 181. The van der Waals surface area contributed by atoms with Gasteiger partial charge < -0.3 is 10.5 Å². The van der Waals surface area contributed by atoms with Crippen molar-refractivity contribution < 1.29 is 4.74 Å². The second-order valence-corrected chi connectivity index (χ2v) is 4.46. The van der Waals surface area contributed by atoms with Crippen LogP contribution in [0.4, 0.5) is 0 Å². The summed E-state index contributed by atoms with van der Waals surface area (Å²) < 4.78 is 5.40. The molecule has 1 atom stereocenters. The first-order valence-corrected chi connectivity index (χ1v) is 4.41. The summed E-state index contributed by atoms with van der Waals surface area (Å²) in [5.74, 6) is 0.873. The fraction of sp³-hybridized carbons (Fsp3) is 0.889. The summed E-state index contributed by atoms with van der Waals surface area (Å²) in [5, 5.41) is 0. The van der Waals surface area contributed by atoms with Gasteiger partial charge in [0.05, 0.1) is 6.04 Å². The number of nitrogens with zero attached hydrogens (tertiary/aromatic N) is 1. The van der Waals surface area contributed by atoms with Gasteiger partial charge in [-0.1, -0.05) is 20.8 Å². The SMILES string of the molecule is CC(C)(C)CC1=NC(CN)CO1. The molecule has 3 nitrogen and oxygen atoms in total. The summed E-state index contributed by atoms with van der Waals surface area (Å²) in [7, 11) is 0. The van der Waals surface area contributed by atoms with E-state index in [9.17, 15) is 0 Å². The van der Waals surface area contributed by atoms with Crippen LogP contribution in [0.25, 0.3) is 0 Å². The minimum absolute atomic E-state index is 0.197. The number of hydrogen-bond donors (Lipinski definition) is 1.